The molecule has 0 atom stereocenters. The Morgan fingerprint density at radius 1 is 0.895 bits per heavy atom. The van der Waals surface area contributed by atoms with Gasteiger partial charge in [-0.05, 0) is 37.5 Å². The highest BCUT2D eigenvalue weighted by Crippen LogP contribution is 2.22. The molecule has 0 saturated carbocycles. The van der Waals surface area contributed by atoms with Gasteiger partial charge in [0.05, 0.1) is 0 Å². The van der Waals surface area contributed by atoms with Gasteiger partial charge in [-0.25, -0.2) is 0 Å². The van der Waals surface area contributed by atoms with E-state index in [0.29, 0.717) is 0 Å². The Morgan fingerprint density at radius 3 is 2.00 bits per heavy atom. The van der Waals surface area contributed by atoms with Crippen molar-refractivity contribution in [1.29, 1.82) is 0 Å². The summed E-state index contributed by atoms with van der Waals surface area (Å²) in [6.45, 7) is 12.9. The summed E-state index contributed by atoms with van der Waals surface area (Å²) in [6, 6.07) is 9.28. The summed E-state index contributed by atoms with van der Waals surface area (Å²) in [5.41, 5.74) is 2.89. The van der Waals surface area contributed by atoms with Crippen molar-refractivity contribution in [3.05, 3.63) is 29.8 Å². The molecular weight excluding hydrogens is 246 g/mol. The molecule has 0 spiro atoms. The first-order valence-electron chi connectivity index (χ1n) is 7.85. The van der Waals surface area contributed by atoms with E-state index in [4.69, 9.17) is 0 Å². The number of aryl methyl sites for hydroxylation is 1. The normalized spacial score (nSPS) is 11.6. The van der Waals surface area contributed by atoms with Crippen molar-refractivity contribution in [1.82, 2.24) is 0 Å². The summed E-state index contributed by atoms with van der Waals surface area (Å²) >= 11 is 0. The molecule has 2 heteroatoms. The second-order valence-electron chi connectivity index (χ2n) is 6.39. The Hall–Kier alpha value is -0.763. The summed E-state index contributed by atoms with van der Waals surface area (Å²) in [4.78, 5) is 0. The van der Waals surface area contributed by atoms with Crippen LogP contribution in [0, 0.1) is 0 Å². The van der Waals surface area contributed by atoms with Gasteiger partial charge in [0.1, 0.15) is 8.24 Å². The molecule has 0 unspecified atom stereocenters. The van der Waals surface area contributed by atoms with Gasteiger partial charge in [-0.2, -0.15) is 0 Å². The molecule has 0 bridgehead atoms. The minimum Gasteiger partial charge on any atom is -0.398 e. The molecule has 0 aliphatic rings. The summed E-state index contributed by atoms with van der Waals surface area (Å²) in [6.07, 6.45) is 6.63. The van der Waals surface area contributed by atoms with Gasteiger partial charge in [0, 0.05) is 12.2 Å². The average molecular weight is 278 g/mol. The second-order valence-corrected chi connectivity index (χ2v) is 11.3. The number of rotatable bonds is 8. The predicted molar refractivity (Wildman–Crippen MR) is 90.7 cm³/mol. The molecule has 0 saturated heterocycles. The lowest BCUT2D eigenvalue weighted by Crippen LogP contribution is -2.46. The van der Waals surface area contributed by atoms with Gasteiger partial charge in [-0.15, -0.1) is 0 Å². The molecule has 0 N–H and O–H groups in total. The third kappa shape index (κ3) is 5.39. The summed E-state index contributed by atoms with van der Waals surface area (Å²) in [5.74, 6) is 0. The second kappa shape index (κ2) is 7.74. The lowest BCUT2D eigenvalue weighted by Gasteiger charge is -2.35. The number of nitrogens with zero attached hydrogens (tertiary/aromatic N) is 1. The zero-order chi connectivity index (χ0) is 14.3. The number of hydrogen-bond acceptors (Lipinski definition) is 1. The largest absolute Gasteiger partial charge is 0.398 e. The van der Waals surface area contributed by atoms with E-state index < -0.39 is 8.24 Å². The van der Waals surface area contributed by atoms with Gasteiger partial charge in [0.25, 0.3) is 0 Å². The van der Waals surface area contributed by atoms with Crippen LogP contribution in [0.25, 0.3) is 0 Å². The van der Waals surface area contributed by atoms with Crippen LogP contribution >= 0.6 is 0 Å². The molecule has 1 aromatic carbocycles. The van der Waals surface area contributed by atoms with Gasteiger partial charge in [-0.3, -0.25) is 0 Å². The fourth-order valence-electron chi connectivity index (χ4n) is 2.64. The van der Waals surface area contributed by atoms with E-state index in [-0.39, 0.29) is 0 Å². The van der Waals surface area contributed by atoms with Crippen molar-refractivity contribution in [3.8, 4) is 0 Å². The predicted octanol–water partition coefficient (Wildman–Crippen LogP) is 5.47. The van der Waals surface area contributed by atoms with Crippen molar-refractivity contribution in [2.24, 2.45) is 0 Å². The smallest absolute Gasteiger partial charge is 0.147 e. The quantitative estimate of drug-likeness (QED) is 0.450. The van der Waals surface area contributed by atoms with Crippen molar-refractivity contribution < 1.29 is 0 Å². The molecule has 1 rings (SSSR count). The summed E-state index contributed by atoms with van der Waals surface area (Å²) < 4.78 is 2.59. The topological polar surface area (TPSA) is 3.24 Å². The highest BCUT2D eigenvalue weighted by atomic mass is 28.3. The van der Waals surface area contributed by atoms with Crippen LogP contribution in [0.4, 0.5) is 5.69 Å². The maximum absolute atomic E-state index is 2.59. The number of hydrogen-bond donors (Lipinski definition) is 0. The molecule has 0 heterocycles. The SMILES string of the molecule is CCCCCCc1ccc(N(CC)[Si](C)(C)C)cc1. The first kappa shape index (κ1) is 16.3. The van der Waals surface area contributed by atoms with Crippen LogP contribution in [-0.2, 0) is 6.42 Å². The first-order chi connectivity index (χ1) is 8.99. The molecule has 0 aromatic heterocycles. The van der Waals surface area contributed by atoms with E-state index >= 15 is 0 Å². The Morgan fingerprint density at radius 2 is 1.53 bits per heavy atom. The van der Waals surface area contributed by atoms with Crippen LogP contribution in [0.5, 0.6) is 0 Å². The van der Waals surface area contributed by atoms with E-state index in [1.54, 1.807) is 0 Å². The fourth-order valence-corrected chi connectivity index (χ4v) is 4.52. The number of anilines is 1. The van der Waals surface area contributed by atoms with Crippen LogP contribution in [-0.4, -0.2) is 14.8 Å². The van der Waals surface area contributed by atoms with Crippen LogP contribution in [0.2, 0.25) is 19.6 Å². The van der Waals surface area contributed by atoms with Gasteiger partial charge in [0.15, 0.2) is 0 Å². The molecule has 0 aliphatic heterocycles. The Kier molecular flexibility index (Phi) is 6.63. The molecule has 19 heavy (non-hydrogen) atoms. The molecule has 108 valence electrons. The monoisotopic (exact) mass is 277 g/mol. The molecule has 1 nitrogen and oxygen atoms in total. The van der Waals surface area contributed by atoms with E-state index in [9.17, 15) is 0 Å². The van der Waals surface area contributed by atoms with Crippen LogP contribution in [0.3, 0.4) is 0 Å². The average Bonchev–Trinajstić information content (AvgIpc) is 2.35. The van der Waals surface area contributed by atoms with Crippen molar-refractivity contribution in [2.75, 3.05) is 11.1 Å². The Balaban J connectivity index is 2.60. The zero-order valence-corrected chi connectivity index (χ0v) is 14.5. The maximum Gasteiger partial charge on any atom is 0.147 e. The number of benzene rings is 1. The molecule has 0 fully saturated rings. The van der Waals surface area contributed by atoms with Gasteiger partial charge in [-0.1, -0.05) is 58.0 Å². The number of unbranched alkanes of at least 4 members (excludes halogenated alkanes) is 3. The molecular formula is C17H31NSi. The van der Waals surface area contributed by atoms with Crippen LogP contribution in [0.15, 0.2) is 24.3 Å². The molecule has 0 radical (unpaired) electrons. The fraction of sp³-hybridized carbons (Fsp3) is 0.647. The standard InChI is InChI=1S/C17H31NSi/c1-6-8-9-10-11-16-12-14-17(15-13-16)18(7-2)19(3,4)5/h12-15H,6-11H2,1-5H3. The third-order valence-corrected chi connectivity index (χ3v) is 5.89. The lowest BCUT2D eigenvalue weighted by atomic mass is 10.1. The van der Waals surface area contributed by atoms with Crippen molar-refractivity contribution >= 4 is 13.9 Å². The van der Waals surface area contributed by atoms with E-state index in [1.807, 2.05) is 0 Å². The summed E-state index contributed by atoms with van der Waals surface area (Å²) in [5, 5.41) is 0. The molecule has 1 aromatic rings. The maximum atomic E-state index is 2.59. The van der Waals surface area contributed by atoms with E-state index in [1.165, 1.54) is 43.4 Å². The third-order valence-electron chi connectivity index (χ3n) is 3.69. The van der Waals surface area contributed by atoms with Crippen LogP contribution < -0.4 is 4.57 Å². The van der Waals surface area contributed by atoms with Gasteiger partial charge in [0.2, 0.25) is 0 Å². The van der Waals surface area contributed by atoms with Crippen molar-refractivity contribution in [3.63, 3.8) is 0 Å². The molecule has 0 amide bonds. The van der Waals surface area contributed by atoms with Gasteiger partial charge >= 0.3 is 0 Å². The highest BCUT2D eigenvalue weighted by Gasteiger charge is 2.22. The van der Waals surface area contributed by atoms with Crippen LogP contribution in [0.1, 0.15) is 45.1 Å². The Labute approximate surface area is 121 Å². The first-order valence-corrected chi connectivity index (χ1v) is 11.3. The summed E-state index contributed by atoms with van der Waals surface area (Å²) in [7, 11) is -1.25. The lowest BCUT2D eigenvalue weighted by molar-refractivity contribution is 0.667. The zero-order valence-electron chi connectivity index (χ0n) is 13.5. The van der Waals surface area contributed by atoms with E-state index in [2.05, 4.69) is 62.3 Å². The minimum absolute atomic E-state index is 1.12. The minimum atomic E-state index is -1.25. The molecule has 0 aliphatic carbocycles. The van der Waals surface area contributed by atoms with Crippen molar-refractivity contribution in [2.45, 2.75) is 65.6 Å². The Bertz CT molecular complexity index is 351. The highest BCUT2D eigenvalue weighted by molar-refractivity contribution is 6.79. The van der Waals surface area contributed by atoms with Gasteiger partial charge < -0.3 is 4.57 Å². The van der Waals surface area contributed by atoms with E-state index in [0.717, 1.165) is 6.54 Å².